The normalized spacial score (nSPS) is 16.6. The fourth-order valence-electron chi connectivity index (χ4n) is 2.94. The summed E-state index contributed by atoms with van der Waals surface area (Å²) in [6.45, 7) is 0.251. The maximum absolute atomic E-state index is 13.2. The van der Waals surface area contributed by atoms with Gasteiger partial charge in [0, 0.05) is 32.5 Å². The SMILES string of the molecule is O=C(O)c1ccc2cccc(CNC(=O)N3CCC(F)(F)CC3)c2c1. The van der Waals surface area contributed by atoms with Gasteiger partial charge in [0.05, 0.1) is 5.56 Å². The largest absolute Gasteiger partial charge is 0.478 e. The number of alkyl halides is 2. The Labute approximate surface area is 143 Å². The summed E-state index contributed by atoms with van der Waals surface area (Å²) in [5.41, 5.74) is 0.945. The van der Waals surface area contributed by atoms with Crippen LogP contribution in [0.2, 0.25) is 0 Å². The number of hydrogen-bond acceptors (Lipinski definition) is 2. The van der Waals surface area contributed by atoms with E-state index in [1.165, 1.54) is 11.0 Å². The fourth-order valence-corrected chi connectivity index (χ4v) is 2.94. The summed E-state index contributed by atoms with van der Waals surface area (Å²) in [5, 5.41) is 13.5. The first kappa shape index (κ1) is 17.1. The highest BCUT2D eigenvalue weighted by atomic mass is 19.3. The summed E-state index contributed by atoms with van der Waals surface area (Å²) in [7, 11) is 0. The summed E-state index contributed by atoms with van der Waals surface area (Å²) < 4.78 is 26.3. The average Bonchev–Trinajstić information content (AvgIpc) is 2.59. The van der Waals surface area contributed by atoms with E-state index in [0.717, 1.165) is 16.3 Å². The zero-order valence-corrected chi connectivity index (χ0v) is 13.5. The second-order valence-electron chi connectivity index (χ2n) is 6.16. The van der Waals surface area contributed by atoms with Crippen LogP contribution in [-0.2, 0) is 6.54 Å². The third-order valence-electron chi connectivity index (χ3n) is 4.43. The molecule has 0 aromatic heterocycles. The van der Waals surface area contributed by atoms with Crippen LogP contribution in [0.15, 0.2) is 36.4 Å². The van der Waals surface area contributed by atoms with Crippen LogP contribution in [0.5, 0.6) is 0 Å². The molecule has 0 saturated carbocycles. The molecule has 3 rings (SSSR count). The molecule has 5 nitrogen and oxygen atoms in total. The van der Waals surface area contributed by atoms with Gasteiger partial charge >= 0.3 is 12.0 Å². The van der Waals surface area contributed by atoms with Gasteiger partial charge in [-0.05, 0) is 28.5 Å². The molecule has 25 heavy (non-hydrogen) atoms. The van der Waals surface area contributed by atoms with E-state index in [-0.39, 0.29) is 44.1 Å². The first-order valence-electron chi connectivity index (χ1n) is 8.01. The van der Waals surface area contributed by atoms with Crippen LogP contribution in [0, 0.1) is 0 Å². The Morgan fingerprint density at radius 3 is 2.56 bits per heavy atom. The minimum absolute atomic E-state index is 0.0253. The number of carboxylic acids is 1. The van der Waals surface area contributed by atoms with Crippen molar-refractivity contribution >= 4 is 22.8 Å². The smallest absolute Gasteiger partial charge is 0.335 e. The van der Waals surface area contributed by atoms with E-state index >= 15 is 0 Å². The second-order valence-corrected chi connectivity index (χ2v) is 6.16. The third-order valence-corrected chi connectivity index (χ3v) is 4.43. The van der Waals surface area contributed by atoms with Crippen LogP contribution in [-0.4, -0.2) is 41.0 Å². The Hall–Kier alpha value is -2.70. The van der Waals surface area contributed by atoms with Crippen molar-refractivity contribution in [3.05, 3.63) is 47.5 Å². The van der Waals surface area contributed by atoms with E-state index in [2.05, 4.69) is 5.32 Å². The van der Waals surface area contributed by atoms with Gasteiger partial charge in [0.25, 0.3) is 5.92 Å². The van der Waals surface area contributed by atoms with E-state index in [0.29, 0.717) is 0 Å². The van der Waals surface area contributed by atoms with Crippen molar-refractivity contribution in [2.24, 2.45) is 0 Å². The molecular formula is C18H18F2N2O3. The van der Waals surface area contributed by atoms with E-state index in [1.807, 2.05) is 12.1 Å². The lowest BCUT2D eigenvalue weighted by molar-refractivity contribution is -0.0469. The molecule has 1 fully saturated rings. The van der Waals surface area contributed by atoms with E-state index in [9.17, 15) is 18.4 Å². The number of fused-ring (bicyclic) bond motifs is 1. The molecule has 0 bridgehead atoms. The van der Waals surface area contributed by atoms with Crippen LogP contribution in [0.1, 0.15) is 28.8 Å². The van der Waals surface area contributed by atoms with Gasteiger partial charge in [-0.25, -0.2) is 18.4 Å². The molecule has 1 heterocycles. The molecular weight excluding hydrogens is 330 g/mol. The maximum atomic E-state index is 13.2. The van der Waals surface area contributed by atoms with Gasteiger partial charge < -0.3 is 15.3 Å². The van der Waals surface area contributed by atoms with Crippen molar-refractivity contribution in [1.82, 2.24) is 10.2 Å². The van der Waals surface area contributed by atoms with Gasteiger partial charge in [0.2, 0.25) is 0 Å². The first-order valence-corrected chi connectivity index (χ1v) is 8.01. The number of nitrogens with zero attached hydrogens (tertiary/aromatic N) is 1. The van der Waals surface area contributed by atoms with E-state index in [1.54, 1.807) is 18.2 Å². The minimum Gasteiger partial charge on any atom is -0.478 e. The van der Waals surface area contributed by atoms with Crippen LogP contribution in [0.25, 0.3) is 10.8 Å². The molecule has 0 radical (unpaired) electrons. The van der Waals surface area contributed by atoms with Crippen molar-refractivity contribution < 1.29 is 23.5 Å². The van der Waals surface area contributed by atoms with E-state index < -0.39 is 11.9 Å². The van der Waals surface area contributed by atoms with Gasteiger partial charge in [-0.1, -0.05) is 24.3 Å². The molecule has 0 atom stereocenters. The minimum atomic E-state index is -2.69. The maximum Gasteiger partial charge on any atom is 0.335 e. The number of nitrogens with one attached hydrogen (secondary N) is 1. The second kappa shape index (κ2) is 6.66. The predicted octanol–water partition coefficient (Wildman–Crippen LogP) is 3.48. The lowest BCUT2D eigenvalue weighted by Gasteiger charge is -2.31. The van der Waals surface area contributed by atoms with Crippen molar-refractivity contribution in [1.29, 1.82) is 0 Å². The zero-order valence-electron chi connectivity index (χ0n) is 13.5. The molecule has 132 valence electrons. The van der Waals surface area contributed by atoms with Gasteiger partial charge in [-0.15, -0.1) is 0 Å². The Balaban J connectivity index is 1.71. The number of hydrogen-bond donors (Lipinski definition) is 2. The standard InChI is InChI=1S/C18H18F2N2O3/c19-18(20)6-8-22(9-7-18)17(25)21-11-14-3-1-2-12-4-5-13(16(23)24)10-15(12)14/h1-5,10H,6-9,11H2,(H,21,25)(H,23,24). The third kappa shape index (κ3) is 3.87. The topological polar surface area (TPSA) is 69.6 Å². The summed E-state index contributed by atoms with van der Waals surface area (Å²) in [4.78, 5) is 24.7. The highest BCUT2D eigenvalue weighted by Crippen LogP contribution is 2.27. The van der Waals surface area contributed by atoms with E-state index in [4.69, 9.17) is 5.11 Å². The molecule has 1 saturated heterocycles. The van der Waals surface area contributed by atoms with Crippen molar-refractivity contribution in [3.8, 4) is 0 Å². The molecule has 0 spiro atoms. The van der Waals surface area contributed by atoms with Crippen LogP contribution < -0.4 is 5.32 Å². The monoisotopic (exact) mass is 348 g/mol. The number of benzene rings is 2. The molecule has 2 N–H and O–H groups in total. The van der Waals surface area contributed by atoms with Crippen molar-refractivity contribution in [3.63, 3.8) is 0 Å². The highest BCUT2D eigenvalue weighted by molar-refractivity contribution is 5.95. The number of aromatic carboxylic acids is 1. The Morgan fingerprint density at radius 1 is 1.16 bits per heavy atom. The molecule has 2 aromatic carbocycles. The number of piperidine rings is 1. The number of rotatable bonds is 3. The summed E-state index contributed by atoms with van der Waals surface area (Å²) in [6.07, 6.45) is -0.646. The number of carbonyl (C=O) groups excluding carboxylic acids is 1. The number of carboxylic acid groups (broad SMARTS) is 1. The van der Waals surface area contributed by atoms with Gasteiger partial charge in [0.1, 0.15) is 0 Å². The first-order chi connectivity index (χ1) is 11.9. The van der Waals surface area contributed by atoms with Gasteiger partial charge in [-0.2, -0.15) is 0 Å². The Bertz CT molecular complexity index is 813. The predicted molar refractivity (Wildman–Crippen MR) is 88.9 cm³/mol. The molecule has 2 aromatic rings. The van der Waals surface area contributed by atoms with Crippen molar-refractivity contribution in [2.45, 2.75) is 25.3 Å². The molecule has 7 heteroatoms. The van der Waals surface area contributed by atoms with Crippen molar-refractivity contribution in [2.75, 3.05) is 13.1 Å². The van der Waals surface area contributed by atoms with Crippen LogP contribution in [0.3, 0.4) is 0 Å². The van der Waals surface area contributed by atoms with Crippen LogP contribution in [0.4, 0.5) is 13.6 Å². The van der Waals surface area contributed by atoms with Crippen LogP contribution >= 0.6 is 0 Å². The number of urea groups is 1. The highest BCUT2D eigenvalue weighted by Gasteiger charge is 2.35. The number of likely N-dealkylation sites (tertiary alicyclic amines) is 1. The quantitative estimate of drug-likeness (QED) is 0.892. The Morgan fingerprint density at radius 2 is 1.88 bits per heavy atom. The molecule has 1 aliphatic heterocycles. The summed E-state index contributed by atoms with van der Waals surface area (Å²) >= 11 is 0. The Kier molecular flexibility index (Phi) is 4.57. The lowest BCUT2D eigenvalue weighted by Crippen LogP contribution is -2.47. The summed E-state index contributed by atoms with van der Waals surface area (Å²) in [5.74, 6) is -3.71. The number of carbonyl (C=O) groups is 2. The molecule has 0 aliphatic carbocycles. The number of amides is 2. The lowest BCUT2D eigenvalue weighted by atomic mass is 10.0. The van der Waals surface area contributed by atoms with Gasteiger partial charge in [0.15, 0.2) is 0 Å². The fraction of sp³-hybridized carbons (Fsp3) is 0.333. The molecule has 1 aliphatic rings. The average molecular weight is 348 g/mol. The molecule has 0 unspecified atom stereocenters. The van der Waals surface area contributed by atoms with Gasteiger partial charge in [-0.3, -0.25) is 0 Å². The molecule has 2 amide bonds. The zero-order chi connectivity index (χ0) is 18.0. The number of halogens is 2. The summed E-state index contributed by atoms with van der Waals surface area (Å²) in [6, 6.07) is 9.92.